The number of nitrogens with zero attached hydrogens (tertiary/aromatic N) is 1. The summed E-state index contributed by atoms with van der Waals surface area (Å²) in [5.41, 5.74) is 4.11. The molecule has 0 aliphatic rings. The van der Waals surface area contributed by atoms with Crippen LogP contribution in [0.2, 0.25) is 0 Å². The van der Waals surface area contributed by atoms with Crippen molar-refractivity contribution in [3.05, 3.63) is 70.9 Å². The molecule has 0 unspecified atom stereocenters. The molecule has 0 aliphatic heterocycles. The monoisotopic (exact) mass is 384 g/mol. The molecule has 1 amide bonds. The number of hydrogen-bond donors (Lipinski definition) is 1. The minimum absolute atomic E-state index is 0.294. The van der Waals surface area contributed by atoms with Gasteiger partial charge in [-0.15, -0.1) is 11.3 Å². The Kier molecular flexibility index (Phi) is 5.83. The molecule has 5 nitrogen and oxygen atoms in total. The van der Waals surface area contributed by atoms with Gasteiger partial charge in [-0.05, 0) is 53.6 Å². The second-order valence-corrected chi connectivity index (χ2v) is 6.57. The summed E-state index contributed by atoms with van der Waals surface area (Å²) in [7, 11) is 3.11. The molecule has 3 aromatic rings. The zero-order valence-corrected chi connectivity index (χ0v) is 15.5. The zero-order valence-electron chi connectivity index (χ0n) is 14.7. The molecule has 0 aliphatic carbocycles. The third-order valence-electron chi connectivity index (χ3n) is 3.75. The number of hydrogen-bond acceptors (Lipinski definition) is 5. The summed E-state index contributed by atoms with van der Waals surface area (Å²) in [6, 6.07) is 15.0. The molecule has 1 aromatic heterocycles. The van der Waals surface area contributed by atoms with Crippen molar-refractivity contribution in [1.29, 1.82) is 0 Å². The van der Waals surface area contributed by atoms with Crippen LogP contribution in [0.3, 0.4) is 0 Å². The largest absolute Gasteiger partial charge is 0.493 e. The molecule has 0 bridgehead atoms. The van der Waals surface area contributed by atoms with Gasteiger partial charge in [0.1, 0.15) is 5.82 Å². The van der Waals surface area contributed by atoms with Crippen LogP contribution in [0.25, 0.3) is 10.4 Å². The van der Waals surface area contributed by atoms with Gasteiger partial charge in [0, 0.05) is 4.88 Å². The first-order valence-electron chi connectivity index (χ1n) is 8.02. The fraction of sp³-hybridized carbons (Fsp3) is 0.100. The fourth-order valence-electron chi connectivity index (χ4n) is 2.38. The minimum atomic E-state index is -0.315. The van der Waals surface area contributed by atoms with Gasteiger partial charge in [0.2, 0.25) is 0 Å². The number of methoxy groups -OCH3 is 2. The normalized spacial score (nSPS) is 10.8. The van der Waals surface area contributed by atoms with Crippen molar-refractivity contribution in [3.63, 3.8) is 0 Å². The maximum Gasteiger partial charge on any atom is 0.281 e. The van der Waals surface area contributed by atoms with Gasteiger partial charge in [0.15, 0.2) is 11.5 Å². The maximum atomic E-state index is 13.0. The van der Waals surface area contributed by atoms with Gasteiger partial charge in [0.05, 0.1) is 25.3 Å². The van der Waals surface area contributed by atoms with E-state index in [1.165, 1.54) is 29.7 Å². The predicted octanol–water partition coefficient (Wildman–Crippen LogP) is 4.34. The first kappa shape index (κ1) is 18.6. The third-order valence-corrected chi connectivity index (χ3v) is 4.88. The summed E-state index contributed by atoms with van der Waals surface area (Å²) in [5.74, 6) is 0.587. The van der Waals surface area contributed by atoms with Crippen LogP contribution in [0.15, 0.2) is 59.7 Å². The lowest BCUT2D eigenvalue weighted by molar-refractivity contribution is 0.0959. The van der Waals surface area contributed by atoms with Crippen molar-refractivity contribution < 1.29 is 18.7 Å². The summed E-state index contributed by atoms with van der Waals surface area (Å²) in [4.78, 5) is 13.6. The van der Waals surface area contributed by atoms with Crippen LogP contribution >= 0.6 is 11.3 Å². The number of carbonyl (C=O) groups is 1. The van der Waals surface area contributed by atoms with Gasteiger partial charge in [-0.25, -0.2) is 9.82 Å². The SMILES string of the molecule is COc1ccc(/C=N\NC(=O)c2ccc(-c3ccc(F)cc3)s2)cc1OC. The van der Waals surface area contributed by atoms with Crippen molar-refractivity contribution in [1.82, 2.24) is 5.43 Å². The molecule has 138 valence electrons. The van der Waals surface area contributed by atoms with E-state index in [9.17, 15) is 9.18 Å². The van der Waals surface area contributed by atoms with E-state index in [2.05, 4.69) is 10.5 Å². The summed E-state index contributed by atoms with van der Waals surface area (Å²) in [5, 5.41) is 3.98. The van der Waals surface area contributed by atoms with Crippen molar-refractivity contribution in [2.75, 3.05) is 14.2 Å². The Balaban J connectivity index is 1.66. The Morgan fingerprint density at radius 1 is 1.04 bits per heavy atom. The predicted molar refractivity (Wildman–Crippen MR) is 104 cm³/mol. The van der Waals surface area contributed by atoms with Crippen LogP contribution in [0.5, 0.6) is 11.5 Å². The molecular formula is C20H17FN2O3S. The number of benzene rings is 2. The van der Waals surface area contributed by atoms with Crippen LogP contribution in [0.4, 0.5) is 4.39 Å². The number of amides is 1. The minimum Gasteiger partial charge on any atom is -0.493 e. The molecule has 2 aromatic carbocycles. The van der Waals surface area contributed by atoms with Crippen LogP contribution in [0.1, 0.15) is 15.2 Å². The number of hydrazone groups is 1. The molecule has 0 saturated heterocycles. The number of thiophene rings is 1. The van der Waals surface area contributed by atoms with Crippen LogP contribution < -0.4 is 14.9 Å². The highest BCUT2D eigenvalue weighted by Gasteiger charge is 2.10. The summed E-state index contributed by atoms with van der Waals surface area (Å²) in [6.45, 7) is 0. The van der Waals surface area contributed by atoms with Crippen LogP contribution in [-0.2, 0) is 0 Å². The van der Waals surface area contributed by atoms with E-state index in [0.29, 0.717) is 16.4 Å². The Morgan fingerprint density at radius 3 is 2.48 bits per heavy atom. The zero-order chi connectivity index (χ0) is 19.2. The maximum absolute atomic E-state index is 13.0. The average molecular weight is 384 g/mol. The average Bonchev–Trinajstić information content (AvgIpc) is 3.18. The molecule has 3 rings (SSSR count). The number of nitrogens with one attached hydrogen (secondary N) is 1. The topological polar surface area (TPSA) is 59.9 Å². The molecule has 27 heavy (non-hydrogen) atoms. The molecule has 0 saturated carbocycles. The van der Waals surface area contributed by atoms with Gasteiger partial charge < -0.3 is 9.47 Å². The fourth-order valence-corrected chi connectivity index (χ4v) is 3.28. The number of halogens is 1. The van der Waals surface area contributed by atoms with Crippen molar-refractivity contribution >= 4 is 23.5 Å². The van der Waals surface area contributed by atoms with E-state index < -0.39 is 0 Å². The van der Waals surface area contributed by atoms with Crippen molar-refractivity contribution in [2.45, 2.75) is 0 Å². The van der Waals surface area contributed by atoms with Gasteiger partial charge in [-0.3, -0.25) is 4.79 Å². The first-order chi connectivity index (χ1) is 13.1. The lowest BCUT2D eigenvalue weighted by Crippen LogP contribution is -2.16. The molecule has 0 spiro atoms. The Morgan fingerprint density at radius 2 is 1.78 bits per heavy atom. The van der Waals surface area contributed by atoms with Crippen molar-refractivity contribution in [2.24, 2.45) is 5.10 Å². The highest BCUT2D eigenvalue weighted by Crippen LogP contribution is 2.28. The molecule has 1 N–H and O–H groups in total. The van der Waals surface area contributed by atoms with Gasteiger partial charge in [0.25, 0.3) is 5.91 Å². The van der Waals surface area contributed by atoms with E-state index >= 15 is 0 Å². The van der Waals surface area contributed by atoms with Gasteiger partial charge in [-0.2, -0.15) is 5.10 Å². The molecule has 0 fully saturated rings. The summed E-state index contributed by atoms with van der Waals surface area (Å²) < 4.78 is 23.4. The van der Waals surface area contributed by atoms with Crippen LogP contribution in [-0.4, -0.2) is 26.3 Å². The van der Waals surface area contributed by atoms with Gasteiger partial charge in [-0.1, -0.05) is 12.1 Å². The Labute approximate surface area is 160 Å². The highest BCUT2D eigenvalue weighted by atomic mass is 32.1. The second-order valence-electron chi connectivity index (χ2n) is 5.48. The third kappa shape index (κ3) is 4.51. The van der Waals surface area contributed by atoms with E-state index in [-0.39, 0.29) is 11.7 Å². The quantitative estimate of drug-likeness (QED) is 0.508. The Hall–Kier alpha value is -3.19. The Bertz CT molecular complexity index is 968. The lowest BCUT2D eigenvalue weighted by Gasteiger charge is -2.07. The van der Waals surface area contributed by atoms with Gasteiger partial charge >= 0.3 is 0 Å². The van der Waals surface area contributed by atoms with Crippen molar-refractivity contribution in [3.8, 4) is 21.9 Å². The van der Waals surface area contributed by atoms with Crippen LogP contribution in [0, 0.1) is 5.82 Å². The van der Waals surface area contributed by atoms with E-state index in [1.807, 2.05) is 6.07 Å². The number of rotatable bonds is 6. The number of ether oxygens (including phenoxy) is 2. The highest BCUT2D eigenvalue weighted by molar-refractivity contribution is 7.17. The standard InChI is InChI=1S/C20H17FN2O3S/c1-25-16-8-3-13(11-17(16)26-2)12-22-23-20(24)19-10-9-18(27-19)14-4-6-15(21)7-5-14/h3-12H,1-2H3,(H,23,24)/b22-12-. The second kappa shape index (κ2) is 8.46. The molecule has 1 heterocycles. The summed E-state index contributed by atoms with van der Waals surface area (Å²) in [6.07, 6.45) is 1.52. The molecule has 0 atom stereocenters. The van der Waals surface area contributed by atoms with E-state index in [0.717, 1.165) is 16.0 Å². The van der Waals surface area contributed by atoms with E-state index in [4.69, 9.17) is 9.47 Å². The first-order valence-corrected chi connectivity index (χ1v) is 8.83. The van der Waals surface area contributed by atoms with E-state index in [1.54, 1.807) is 50.6 Å². The number of carbonyl (C=O) groups excluding carboxylic acids is 1. The summed E-state index contributed by atoms with van der Waals surface area (Å²) >= 11 is 1.31. The smallest absolute Gasteiger partial charge is 0.281 e. The molecule has 0 radical (unpaired) electrons. The lowest BCUT2D eigenvalue weighted by atomic mass is 10.2. The molecular weight excluding hydrogens is 367 g/mol. The molecule has 7 heteroatoms.